The van der Waals surface area contributed by atoms with Crippen molar-refractivity contribution >= 4 is 11.0 Å². The number of phenolic OH excluding ortho intramolecular Hbond substituents is 1. The van der Waals surface area contributed by atoms with Gasteiger partial charge in [-0.1, -0.05) is 118 Å². The van der Waals surface area contributed by atoms with E-state index in [0.717, 1.165) is 55.8 Å². The molecule has 0 bridgehead atoms. The van der Waals surface area contributed by atoms with Crippen LogP contribution < -0.4 is 0 Å². The van der Waals surface area contributed by atoms with E-state index in [4.69, 9.17) is 9.97 Å². The molecule has 0 aliphatic rings. The third-order valence-corrected chi connectivity index (χ3v) is 9.66. The zero-order chi connectivity index (χ0) is 35.1. The summed E-state index contributed by atoms with van der Waals surface area (Å²) in [6.07, 6.45) is 1.90. The van der Waals surface area contributed by atoms with E-state index in [-0.39, 0.29) is 11.2 Å². The molecule has 0 aliphatic carbocycles. The van der Waals surface area contributed by atoms with Gasteiger partial charge in [0.15, 0.2) is 0 Å². The molecule has 0 saturated heterocycles. The molecule has 8 rings (SSSR count). The number of hydrogen-bond donors (Lipinski definition) is 1. The van der Waals surface area contributed by atoms with E-state index in [1.165, 1.54) is 16.7 Å². The van der Waals surface area contributed by atoms with Crippen LogP contribution >= 0.6 is 0 Å². The molecule has 0 amide bonds. The fourth-order valence-electron chi connectivity index (χ4n) is 6.93. The smallest absolute Gasteiger partial charge is 0.149 e. The molecule has 2 aromatic heterocycles. The Bertz CT molecular complexity index is 2520. The first-order chi connectivity index (χ1) is 24.7. The number of aromatic hydroxyl groups is 1. The molecule has 0 saturated carbocycles. The molecule has 1 N–H and O–H groups in total. The van der Waals surface area contributed by atoms with Gasteiger partial charge < -0.3 is 5.11 Å². The summed E-state index contributed by atoms with van der Waals surface area (Å²) in [7, 11) is 0. The first-order valence-electron chi connectivity index (χ1n) is 17.4. The average Bonchev–Trinajstić information content (AvgIpc) is 3.55. The second-order valence-corrected chi connectivity index (χ2v) is 14.2. The number of fused-ring (bicyclic) bond motifs is 1. The maximum absolute atomic E-state index is 11.1. The Morgan fingerprint density at radius 3 is 1.96 bits per heavy atom. The van der Waals surface area contributed by atoms with Crippen molar-refractivity contribution in [3.8, 4) is 67.5 Å². The molecule has 0 aliphatic heterocycles. The van der Waals surface area contributed by atoms with E-state index in [0.29, 0.717) is 11.4 Å². The van der Waals surface area contributed by atoms with Crippen LogP contribution in [0.2, 0.25) is 0 Å². The Labute approximate surface area is 299 Å². The van der Waals surface area contributed by atoms with Crippen molar-refractivity contribution in [2.45, 2.75) is 33.1 Å². The van der Waals surface area contributed by atoms with E-state index in [1.54, 1.807) is 6.07 Å². The lowest BCUT2D eigenvalue weighted by atomic mass is 9.83. The van der Waals surface area contributed by atoms with Gasteiger partial charge in [-0.25, -0.2) is 4.98 Å². The summed E-state index contributed by atoms with van der Waals surface area (Å²) in [5.41, 5.74) is 14.5. The summed E-state index contributed by atoms with van der Waals surface area (Å²) in [6, 6.07) is 52.3. The Morgan fingerprint density at radius 2 is 1.24 bits per heavy atom. The molecular formula is C47H39N3O. The third-order valence-electron chi connectivity index (χ3n) is 9.66. The van der Waals surface area contributed by atoms with Gasteiger partial charge in [-0.2, -0.15) is 0 Å². The predicted molar refractivity (Wildman–Crippen MR) is 211 cm³/mol. The predicted octanol–water partition coefficient (Wildman–Crippen LogP) is 12.1. The van der Waals surface area contributed by atoms with E-state index < -0.39 is 0 Å². The fraction of sp³-hybridized carbons (Fsp3) is 0.106. The number of para-hydroxylation sites is 2. The van der Waals surface area contributed by atoms with Crippen molar-refractivity contribution in [2.75, 3.05) is 0 Å². The van der Waals surface area contributed by atoms with Gasteiger partial charge in [-0.15, -0.1) is 0 Å². The van der Waals surface area contributed by atoms with Gasteiger partial charge in [0.2, 0.25) is 0 Å². The lowest BCUT2D eigenvalue weighted by Crippen LogP contribution is -2.11. The highest BCUT2D eigenvalue weighted by Crippen LogP contribution is 2.40. The van der Waals surface area contributed by atoms with Crippen molar-refractivity contribution in [3.05, 3.63) is 169 Å². The van der Waals surface area contributed by atoms with Crippen LogP contribution in [0.4, 0.5) is 0 Å². The summed E-state index contributed by atoms with van der Waals surface area (Å²) in [5, 5.41) is 11.1. The summed E-state index contributed by atoms with van der Waals surface area (Å²) in [6.45, 7) is 8.89. The van der Waals surface area contributed by atoms with Crippen LogP contribution in [-0.4, -0.2) is 19.6 Å². The molecular weight excluding hydrogens is 623 g/mol. The molecule has 248 valence electrons. The van der Waals surface area contributed by atoms with Crippen LogP contribution in [0, 0.1) is 6.92 Å². The lowest BCUT2D eigenvalue weighted by Gasteiger charge is -2.22. The largest absolute Gasteiger partial charge is 0.507 e. The highest BCUT2D eigenvalue weighted by Gasteiger charge is 2.22. The lowest BCUT2D eigenvalue weighted by molar-refractivity contribution is 0.477. The number of aromatic nitrogens is 3. The first-order valence-corrected chi connectivity index (χ1v) is 17.4. The molecule has 8 aromatic rings. The molecule has 0 fully saturated rings. The first kappa shape index (κ1) is 32.0. The summed E-state index contributed by atoms with van der Waals surface area (Å²) in [4.78, 5) is 10.2. The van der Waals surface area contributed by atoms with Crippen LogP contribution in [0.5, 0.6) is 5.75 Å². The number of pyridine rings is 1. The van der Waals surface area contributed by atoms with Crippen LogP contribution in [0.1, 0.15) is 31.9 Å². The van der Waals surface area contributed by atoms with Crippen LogP contribution in [-0.2, 0) is 5.41 Å². The van der Waals surface area contributed by atoms with Gasteiger partial charge >= 0.3 is 0 Å². The van der Waals surface area contributed by atoms with E-state index in [1.807, 2.05) is 36.5 Å². The van der Waals surface area contributed by atoms with Gasteiger partial charge in [-0.05, 0) is 106 Å². The highest BCUT2D eigenvalue weighted by atomic mass is 16.3. The molecule has 0 atom stereocenters. The van der Waals surface area contributed by atoms with Gasteiger partial charge in [0.05, 0.1) is 22.3 Å². The minimum atomic E-state index is -0.103. The number of rotatable bonds is 6. The molecule has 4 heteroatoms. The van der Waals surface area contributed by atoms with Crippen molar-refractivity contribution in [1.29, 1.82) is 0 Å². The molecule has 2 heterocycles. The SMILES string of the molecule is Cc1cc(-n2c(-c3ccccc3O)nc3c(-c4cc(-c5cc(-c6ccccc6)ccn5)cc(C(C)(C)C)c4)cccc32)ccc1-c1ccccc1. The molecule has 6 aromatic carbocycles. The zero-order valence-corrected chi connectivity index (χ0v) is 29.3. The number of imidazole rings is 1. The Balaban J connectivity index is 1.34. The maximum Gasteiger partial charge on any atom is 0.149 e. The normalized spacial score (nSPS) is 11.6. The van der Waals surface area contributed by atoms with E-state index >= 15 is 0 Å². The minimum absolute atomic E-state index is 0.103. The van der Waals surface area contributed by atoms with Crippen LogP contribution in [0.3, 0.4) is 0 Å². The summed E-state index contributed by atoms with van der Waals surface area (Å²) < 4.78 is 2.18. The molecule has 4 nitrogen and oxygen atoms in total. The van der Waals surface area contributed by atoms with Gasteiger partial charge in [0, 0.05) is 23.0 Å². The second kappa shape index (κ2) is 12.9. The van der Waals surface area contributed by atoms with Gasteiger partial charge in [-0.3, -0.25) is 9.55 Å². The summed E-state index contributed by atoms with van der Waals surface area (Å²) in [5.74, 6) is 0.876. The minimum Gasteiger partial charge on any atom is -0.507 e. The number of benzene rings is 6. The Morgan fingerprint density at radius 1 is 0.549 bits per heavy atom. The quantitative estimate of drug-likeness (QED) is 0.193. The molecule has 51 heavy (non-hydrogen) atoms. The standard InChI is InChI=1S/C47H39N3O/c1-31-26-38(22-23-39(31)33-16-9-6-10-17-33)50-43-20-13-19-40(45(43)49-46(50)41-18-11-12-21-44(41)51)35-27-36(29-37(28-35)47(2,3)4)42-30-34(24-25-48-42)32-14-7-5-8-15-32/h5-30,51H,1-4H3. The van der Waals surface area contributed by atoms with Crippen molar-refractivity contribution < 1.29 is 5.11 Å². The number of hydrogen-bond acceptors (Lipinski definition) is 3. The second-order valence-electron chi connectivity index (χ2n) is 14.2. The Kier molecular flexibility index (Phi) is 8.08. The maximum atomic E-state index is 11.1. The molecule has 0 radical (unpaired) electrons. The fourth-order valence-corrected chi connectivity index (χ4v) is 6.93. The average molecular weight is 662 g/mol. The highest BCUT2D eigenvalue weighted by molar-refractivity contribution is 5.97. The van der Waals surface area contributed by atoms with E-state index in [9.17, 15) is 5.11 Å². The number of aryl methyl sites for hydroxylation is 1. The van der Waals surface area contributed by atoms with Gasteiger partial charge in [0.1, 0.15) is 11.6 Å². The number of nitrogens with zero attached hydrogens (tertiary/aromatic N) is 3. The van der Waals surface area contributed by atoms with Crippen molar-refractivity contribution in [1.82, 2.24) is 14.5 Å². The zero-order valence-electron chi connectivity index (χ0n) is 29.3. The molecule has 0 unspecified atom stereocenters. The molecule has 0 spiro atoms. The Hall–Kier alpha value is -6.26. The third kappa shape index (κ3) is 6.10. The van der Waals surface area contributed by atoms with Crippen molar-refractivity contribution in [3.63, 3.8) is 0 Å². The van der Waals surface area contributed by atoms with Crippen molar-refractivity contribution in [2.24, 2.45) is 0 Å². The van der Waals surface area contributed by atoms with E-state index in [2.05, 4.69) is 148 Å². The topological polar surface area (TPSA) is 50.9 Å². The summed E-state index contributed by atoms with van der Waals surface area (Å²) >= 11 is 0. The number of phenols is 1. The van der Waals surface area contributed by atoms with Gasteiger partial charge in [0.25, 0.3) is 0 Å². The van der Waals surface area contributed by atoms with Crippen LogP contribution in [0.25, 0.3) is 72.7 Å². The monoisotopic (exact) mass is 661 g/mol. The van der Waals surface area contributed by atoms with Crippen LogP contribution in [0.15, 0.2) is 158 Å².